The lowest BCUT2D eigenvalue weighted by molar-refractivity contribution is 0.222. The van der Waals surface area contributed by atoms with Crippen LogP contribution in [-0.2, 0) is 6.54 Å². The zero-order valence-electron chi connectivity index (χ0n) is 21.5. The van der Waals surface area contributed by atoms with E-state index in [1.54, 1.807) is 11.1 Å². The smallest absolute Gasteiger partial charge is 0.119 e. The van der Waals surface area contributed by atoms with Crippen molar-refractivity contribution in [1.29, 1.82) is 0 Å². The highest BCUT2D eigenvalue weighted by Gasteiger charge is 2.28. The fraction of sp³-hybridized carbons (Fsp3) is 0.714. The number of hydrogen-bond donors (Lipinski definition) is 0. The van der Waals surface area contributed by atoms with Crippen LogP contribution in [0, 0.1) is 11.3 Å². The third kappa shape index (κ3) is 8.61. The van der Waals surface area contributed by atoms with E-state index in [1.165, 1.54) is 37.7 Å². The molecule has 3 heteroatoms. The summed E-state index contributed by atoms with van der Waals surface area (Å²) < 4.78 is 5.92. The molecular weight excluding hydrogens is 380 g/mol. The van der Waals surface area contributed by atoms with Crippen LogP contribution in [0.1, 0.15) is 79.2 Å². The third-order valence-corrected chi connectivity index (χ3v) is 7.14. The highest BCUT2D eigenvalue weighted by Crippen LogP contribution is 2.42. The maximum atomic E-state index is 5.92. The van der Waals surface area contributed by atoms with E-state index < -0.39 is 0 Å². The average molecular weight is 429 g/mol. The first-order valence-corrected chi connectivity index (χ1v) is 12.6. The Morgan fingerprint density at radius 2 is 1.77 bits per heavy atom. The Balaban J connectivity index is 1.74. The predicted octanol–water partition coefficient (Wildman–Crippen LogP) is 6.78. The molecule has 1 aromatic rings. The first-order valence-electron chi connectivity index (χ1n) is 12.6. The molecule has 0 bridgehead atoms. The molecule has 0 aliphatic heterocycles. The van der Waals surface area contributed by atoms with Gasteiger partial charge in [0.05, 0.1) is 0 Å². The van der Waals surface area contributed by atoms with Crippen LogP contribution in [0.5, 0.6) is 5.75 Å². The number of ether oxygens (including phenoxy) is 1. The zero-order chi connectivity index (χ0) is 22.9. The summed E-state index contributed by atoms with van der Waals surface area (Å²) in [5, 5.41) is 0. The molecule has 0 amide bonds. The summed E-state index contributed by atoms with van der Waals surface area (Å²) in [6.45, 7) is 20.1. The van der Waals surface area contributed by atoms with E-state index in [-0.39, 0.29) is 0 Å². The van der Waals surface area contributed by atoms with Crippen molar-refractivity contribution in [3.05, 3.63) is 41.0 Å². The Labute approximate surface area is 192 Å². The van der Waals surface area contributed by atoms with Gasteiger partial charge in [0.1, 0.15) is 12.4 Å². The molecule has 0 heterocycles. The molecule has 2 rings (SSSR count). The highest BCUT2D eigenvalue weighted by molar-refractivity contribution is 5.27. The summed E-state index contributed by atoms with van der Waals surface area (Å²) in [4.78, 5) is 4.85. The summed E-state index contributed by atoms with van der Waals surface area (Å²) in [5.41, 5.74) is 5.17. The second-order valence-corrected chi connectivity index (χ2v) is 10.4. The number of rotatable bonds is 13. The van der Waals surface area contributed by atoms with E-state index in [4.69, 9.17) is 4.74 Å². The van der Waals surface area contributed by atoms with Crippen LogP contribution >= 0.6 is 0 Å². The molecule has 1 atom stereocenters. The van der Waals surface area contributed by atoms with Crippen molar-refractivity contribution in [2.75, 3.05) is 39.8 Å². The molecule has 0 saturated carbocycles. The highest BCUT2D eigenvalue weighted by atomic mass is 16.5. The molecule has 0 aromatic heterocycles. The zero-order valence-corrected chi connectivity index (χ0v) is 21.5. The maximum absolute atomic E-state index is 5.92. The Bertz CT molecular complexity index is 673. The van der Waals surface area contributed by atoms with E-state index in [9.17, 15) is 0 Å². The van der Waals surface area contributed by atoms with Gasteiger partial charge in [-0.05, 0) is 88.2 Å². The first-order chi connectivity index (χ1) is 14.7. The van der Waals surface area contributed by atoms with Crippen LogP contribution in [0.25, 0.3) is 0 Å². The van der Waals surface area contributed by atoms with Crippen LogP contribution in [0.3, 0.4) is 0 Å². The van der Waals surface area contributed by atoms with Crippen LogP contribution in [-0.4, -0.2) is 49.6 Å². The van der Waals surface area contributed by atoms with Gasteiger partial charge < -0.3 is 14.5 Å². The van der Waals surface area contributed by atoms with Crippen LogP contribution in [0.15, 0.2) is 35.4 Å². The van der Waals surface area contributed by atoms with Crippen molar-refractivity contribution >= 4 is 0 Å². The minimum atomic E-state index is 0.406. The van der Waals surface area contributed by atoms with Crippen molar-refractivity contribution in [3.63, 3.8) is 0 Å². The molecule has 0 fully saturated rings. The Morgan fingerprint density at radius 1 is 1.10 bits per heavy atom. The summed E-state index contributed by atoms with van der Waals surface area (Å²) in [5.74, 6) is 1.69. The lowest BCUT2D eigenvalue weighted by atomic mass is 9.71. The summed E-state index contributed by atoms with van der Waals surface area (Å²) in [6.07, 6.45) is 6.58. The lowest BCUT2D eigenvalue weighted by Crippen LogP contribution is -2.27. The van der Waals surface area contributed by atoms with E-state index >= 15 is 0 Å². The number of nitrogens with zero attached hydrogens (tertiary/aromatic N) is 2. The molecule has 1 aromatic carbocycles. The molecule has 0 radical (unpaired) electrons. The standard InChI is InChI=1S/C28H48N2O/c1-8-30(9-2)19-20-31-26-15-13-25(14-16-26)22-29(7)21-23(3)12-17-27-24(4)11-10-18-28(27,5)6/h13-16,23H,8-12,17-22H2,1-7H3/t23-/m1/s1. The molecule has 1 aliphatic carbocycles. The van der Waals surface area contributed by atoms with Crippen molar-refractivity contribution < 1.29 is 4.74 Å². The van der Waals surface area contributed by atoms with Crippen molar-refractivity contribution in [2.45, 2.75) is 80.2 Å². The van der Waals surface area contributed by atoms with Gasteiger partial charge in [-0.1, -0.05) is 57.9 Å². The molecule has 3 nitrogen and oxygen atoms in total. The summed E-state index contributed by atoms with van der Waals surface area (Å²) in [6, 6.07) is 8.67. The van der Waals surface area contributed by atoms with Gasteiger partial charge in [-0.2, -0.15) is 0 Å². The topological polar surface area (TPSA) is 15.7 Å². The molecule has 176 valence electrons. The summed E-state index contributed by atoms with van der Waals surface area (Å²) >= 11 is 0. The van der Waals surface area contributed by atoms with Gasteiger partial charge in [0, 0.05) is 19.6 Å². The normalized spacial score (nSPS) is 17.5. The number of hydrogen-bond acceptors (Lipinski definition) is 3. The minimum Gasteiger partial charge on any atom is -0.492 e. The largest absolute Gasteiger partial charge is 0.492 e. The SMILES string of the molecule is CCN(CC)CCOc1ccc(CN(C)C[C@H](C)CCC2=C(C)CCCC2(C)C)cc1. The second kappa shape index (κ2) is 12.6. The molecular formula is C28H48N2O. The third-order valence-electron chi connectivity index (χ3n) is 7.14. The van der Waals surface area contributed by atoms with Gasteiger partial charge in [0.15, 0.2) is 0 Å². The number of benzene rings is 1. The molecule has 0 spiro atoms. The molecule has 1 aliphatic rings. The monoisotopic (exact) mass is 428 g/mol. The fourth-order valence-electron chi connectivity index (χ4n) is 5.14. The quantitative estimate of drug-likeness (QED) is 0.322. The van der Waals surface area contributed by atoms with E-state index in [0.717, 1.165) is 45.1 Å². The number of likely N-dealkylation sites (N-methyl/N-ethyl adjacent to an activating group) is 1. The van der Waals surface area contributed by atoms with Crippen molar-refractivity contribution in [2.24, 2.45) is 11.3 Å². The Kier molecular flexibility index (Phi) is 10.6. The predicted molar refractivity (Wildman–Crippen MR) is 135 cm³/mol. The molecule has 31 heavy (non-hydrogen) atoms. The van der Waals surface area contributed by atoms with E-state index in [1.807, 2.05) is 0 Å². The van der Waals surface area contributed by atoms with Crippen LogP contribution in [0.2, 0.25) is 0 Å². The Hall–Kier alpha value is -1.32. The van der Waals surface area contributed by atoms with Gasteiger partial charge >= 0.3 is 0 Å². The second-order valence-electron chi connectivity index (χ2n) is 10.4. The van der Waals surface area contributed by atoms with Gasteiger partial charge in [0.2, 0.25) is 0 Å². The summed E-state index contributed by atoms with van der Waals surface area (Å²) in [7, 11) is 2.25. The van der Waals surface area contributed by atoms with Gasteiger partial charge in [-0.3, -0.25) is 0 Å². The van der Waals surface area contributed by atoms with Crippen LogP contribution < -0.4 is 4.74 Å². The van der Waals surface area contributed by atoms with E-state index in [2.05, 4.69) is 82.7 Å². The first kappa shape index (κ1) is 25.9. The average Bonchev–Trinajstić information content (AvgIpc) is 2.71. The molecule has 0 N–H and O–H groups in total. The molecule has 0 unspecified atom stereocenters. The fourth-order valence-corrected chi connectivity index (χ4v) is 5.14. The number of allylic oxidation sites excluding steroid dienone is 2. The Morgan fingerprint density at radius 3 is 2.39 bits per heavy atom. The van der Waals surface area contributed by atoms with Gasteiger partial charge in [-0.25, -0.2) is 0 Å². The van der Waals surface area contributed by atoms with E-state index in [0.29, 0.717) is 11.3 Å². The van der Waals surface area contributed by atoms with Crippen molar-refractivity contribution in [3.8, 4) is 5.75 Å². The van der Waals surface area contributed by atoms with Crippen molar-refractivity contribution in [1.82, 2.24) is 9.80 Å². The van der Waals surface area contributed by atoms with Crippen LogP contribution in [0.4, 0.5) is 0 Å². The molecule has 0 saturated heterocycles. The van der Waals surface area contributed by atoms with Gasteiger partial charge in [-0.15, -0.1) is 0 Å². The maximum Gasteiger partial charge on any atom is 0.119 e. The lowest BCUT2D eigenvalue weighted by Gasteiger charge is -2.35. The van der Waals surface area contributed by atoms with Gasteiger partial charge in [0.25, 0.3) is 0 Å². The minimum absolute atomic E-state index is 0.406.